The highest BCUT2D eigenvalue weighted by molar-refractivity contribution is 7.89. The number of aromatic nitrogens is 2. The molecule has 0 saturated carbocycles. The second-order valence-electron chi connectivity index (χ2n) is 4.27. The third-order valence-corrected chi connectivity index (χ3v) is 3.73. The van der Waals surface area contributed by atoms with Gasteiger partial charge in [-0.2, -0.15) is 0 Å². The molecule has 0 amide bonds. The van der Waals surface area contributed by atoms with Crippen molar-refractivity contribution in [2.45, 2.75) is 38.1 Å². The Morgan fingerprint density at radius 1 is 1.33 bits per heavy atom. The number of primary sulfonamides is 1. The maximum Gasteiger partial charge on any atom is 0.257 e. The third-order valence-electron chi connectivity index (χ3n) is 2.89. The number of imidazole rings is 1. The van der Waals surface area contributed by atoms with Crippen LogP contribution < -0.4 is 5.14 Å². The summed E-state index contributed by atoms with van der Waals surface area (Å²) in [6, 6.07) is 3.67. The molecule has 0 bridgehead atoms. The van der Waals surface area contributed by atoms with E-state index in [9.17, 15) is 8.42 Å². The summed E-state index contributed by atoms with van der Waals surface area (Å²) >= 11 is 0. The first kappa shape index (κ1) is 13.0. The van der Waals surface area contributed by atoms with Crippen LogP contribution in [0.25, 0.3) is 5.52 Å². The van der Waals surface area contributed by atoms with Crippen LogP contribution in [0.4, 0.5) is 0 Å². The fourth-order valence-corrected chi connectivity index (χ4v) is 2.67. The van der Waals surface area contributed by atoms with Crippen LogP contribution in [-0.4, -0.2) is 17.8 Å². The van der Waals surface area contributed by atoms with E-state index in [2.05, 4.69) is 11.9 Å². The summed E-state index contributed by atoms with van der Waals surface area (Å²) in [6.45, 7) is 4.08. The molecule has 2 aromatic heterocycles. The Morgan fingerprint density at radius 3 is 2.61 bits per heavy atom. The van der Waals surface area contributed by atoms with E-state index >= 15 is 0 Å². The molecule has 0 aliphatic rings. The third kappa shape index (κ3) is 2.26. The van der Waals surface area contributed by atoms with Crippen LogP contribution in [0.5, 0.6) is 0 Å². The average molecular weight is 267 g/mol. The summed E-state index contributed by atoms with van der Waals surface area (Å²) < 4.78 is 24.9. The number of nitrogens with zero attached hydrogens (tertiary/aromatic N) is 2. The predicted molar refractivity (Wildman–Crippen MR) is 69.9 cm³/mol. The predicted octanol–water partition coefficient (Wildman–Crippen LogP) is 1.50. The number of hydrogen-bond donors (Lipinski definition) is 1. The topological polar surface area (TPSA) is 77.5 Å². The van der Waals surface area contributed by atoms with Gasteiger partial charge in [-0.1, -0.05) is 19.9 Å². The van der Waals surface area contributed by atoms with E-state index in [4.69, 9.17) is 5.14 Å². The zero-order valence-electron chi connectivity index (χ0n) is 10.5. The Bertz CT molecular complexity index is 674. The van der Waals surface area contributed by atoms with Gasteiger partial charge in [-0.05, 0) is 24.5 Å². The molecule has 6 heteroatoms. The highest BCUT2D eigenvalue weighted by atomic mass is 32.2. The normalized spacial score (nSPS) is 12.2. The highest BCUT2D eigenvalue weighted by Crippen LogP contribution is 2.19. The minimum Gasteiger partial charge on any atom is -0.302 e. The molecular formula is C12H17N3O2S. The number of hydrogen-bond acceptors (Lipinski definition) is 3. The van der Waals surface area contributed by atoms with Gasteiger partial charge in [0.1, 0.15) is 5.82 Å². The van der Waals surface area contributed by atoms with E-state index in [1.807, 2.05) is 23.6 Å². The van der Waals surface area contributed by atoms with Crippen molar-refractivity contribution in [3.05, 3.63) is 29.7 Å². The van der Waals surface area contributed by atoms with Crippen molar-refractivity contribution in [3.63, 3.8) is 0 Å². The Morgan fingerprint density at radius 2 is 2.06 bits per heavy atom. The van der Waals surface area contributed by atoms with Crippen LogP contribution in [0, 0.1) is 0 Å². The molecule has 0 aliphatic heterocycles. The van der Waals surface area contributed by atoms with Crippen molar-refractivity contribution in [2.75, 3.05) is 0 Å². The fraction of sp³-hybridized carbons (Fsp3) is 0.417. The first-order valence-electron chi connectivity index (χ1n) is 6.00. The van der Waals surface area contributed by atoms with Gasteiger partial charge in [-0.15, -0.1) is 0 Å². The lowest BCUT2D eigenvalue weighted by Crippen LogP contribution is -2.13. The summed E-state index contributed by atoms with van der Waals surface area (Å²) in [4.78, 5) is 4.18. The van der Waals surface area contributed by atoms with Crippen LogP contribution in [0.2, 0.25) is 0 Å². The highest BCUT2D eigenvalue weighted by Gasteiger charge is 2.19. The second-order valence-corrected chi connectivity index (χ2v) is 5.75. The number of aryl methyl sites for hydroxylation is 2. The molecule has 5 nitrogen and oxygen atoms in total. The number of rotatable bonds is 4. The molecule has 2 aromatic rings. The maximum atomic E-state index is 11.5. The molecule has 0 fully saturated rings. The molecule has 0 spiro atoms. The largest absolute Gasteiger partial charge is 0.302 e. The van der Waals surface area contributed by atoms with E-state index in [1.54, 1.807) is 6.07 Å². The van der Waals surface area contributed by atoms with E-state index in [1.165, 1.54) is 0 Å². The number of pyridine rings is 1. The quantitative estimate of drug-likeness (QED) is 0.911. The molecular weight excluding hydrogens is 250 g/mol. The molecule has 2 N–H and O–H groups in total. The van der Waals surface area contributed by atoms with E-state index in [0.717, 1.165) is 30.7 Å². The van der Waals surface area contributed by atoms with E-state index in [0.29, 0.717) is 5.52 Å². The van der Waals surface area contributed by atoms with Crippen LogP contribution in [0.3, 0.4) is 0 Å². The molecule has 0 aliphatic carbocycles. The van der Waals surface area contributed by atoms with Gasteiger partial charge in [0.2, 0.25) is 0 Å². The van der Waals surface area contributed by atoms with Crippen molar-refractivity contribution in [2.24, 2.45) is 5.14 Å². The molecule has 2 rings (SSSR count). The smallest absolute Gasteiger partial charge is 0.257 e. The Kier molecular flexibility index (Phi) is 3.41. The molecule has 0 aromatic carbocycles. The first-order valence-corrected chi connectivity index (χ1v) is 7.54. The van der Waals surface area contributed by atoms with Crippen molar-refractivity contribution >= 4 is 15.5 Å². The minimum atomic E-state index is -3.78. The van der Waals surface area contributed by atoms with Crippen molar-refractivity contribution in [1.82, 2.24) is 9.38 Å². The van der Waals surface area contributed by atoms with Gasteiger partial charge in [0.15, 0.2) is 5.03 Å². The summed E-state index contributed by atoms with van der Waals surface area (Å²) in [5.41, 5.74) is 1.69. The zero-order chi connectivity index (χ0) is 13.3. The molecule has 0 radical (unpaired) electrons. The molecule has 0 saturated heterocycles. The van der Waals surface area contributed by atoms with E-state index < -0.39 is 10.0 Å². The molecule has 98 valence electrons. The number of nitrogens with two attached hydrogens (primary N) is 1. The first-order chi connectivity index (χ1) is 8.47. The standard InChI is InChI=1S/C12H17N3O2S/c1-3-5-11-14-12(18(13,16)17)10-7-6-9(4-2)8-15(10)11/h6-8H,3-5H2,1-2H3,(H2,13,16,17). The molecule has 0 unspecified atom stereocenters. The summed E-state index contributed by atoms with van der Waals surface area (Å²) in [5.74, 6) is 0.742. The van der Waals surface area contributed by atoms with Gasteiger partial charge in [-0.25, -0.2) is 18.5 Å². The van der Waals surface area contributed by atoms with Gasteiger partial charge < -0.3 is 4.40 Å². The zero-order valence-corrected chi connectivity index (χ0v) is 11.4. The van der Waals surface area contributed by atoms with E-state index in [-0.39, 0.29) is 5.03 Å². The van der Waals surface area contributed by atoms with Crippen molar-refractivity contribution in [1.29, 1.82) is 0 Å². The van der Waals surface area contributed by atoms with Crippen LogP contribution >= 0.6 is 0 Å². The Hall–Kier alpha value is -1.40. The number of sulfonamides is 1. The summed E-state index contributed by atoms with van der Waals surface area (Å²) in [7, 11) is -3.78. The number of fused-ring (bicyclic) bond motifs is 1. The summed E-state index contributed by atoms with van der Waals surface area (Å²) in [6.07, 6.45) is 4.45. The SMILES string of the molecule is CCCc1nc(S(N)(=O)=O)c2ccc(CC)cn12. The van der Waals surface area contributed by atoms with Gasteiger partial charge in [0.25, 0.3) is 10.0 Å². The minimum absolute atomic E-state index is 0.0337. The van der Waals surface area contributed by atoms with Gasteiger partial charge in [0, 0.05) is 12.6 Å². The fourth-order valence-electron chi connectivity index (χ4n) is 1.98. The summed E-state index contributed by atoms with van der Waals surface area (Å²) in [5, 5.41) is 5.17. The van der Waals surface area contributed by atoms with Gasteiger partial charge >= 0.3 is 0 Å². The molecule has 18 heavy (non-hydrogen) atoms. The molecule has 2 heterocycles. The lowest BCUT2D eigenvalue weighted by atomic mass is 10.2. The monoisotopic (exact) mass is 267 g/mol. The molecule has 0 atom stereocenters. The maximum absolute atomic E-state index is 11.5. The lowest BCUT2D eigenvalue weighted by molar-refractivity contribution is 0.595. The van der Waals surface area contributed by atoms with Crippen molar-refractivity contribution < 1.29 is 8.42 Å². The Labute approximate surface area is 107 Å². The van der Waals surface area contributed by atoms with Crippen molar-refractivity contribution in [3.8, 4) is 0 Å². The van der Waals surface area contributed by atoms with Gasteiger partial charge in [0.05, 0.1) is 5.52 Å². The average Bonchev–Trinajstić information content (AvgIpc) is 2.68. The van der Waals surface area contributed by atoms with Crippen LogP contribution in [0.15, 0.2) is 23.4 Å². The van der Waals surface area contributed by atoms with Crippen LogP contribution in [-0.2, 0) is 22.9 Å². The van der Waals surface area contributed by atoms with Crippen LogP contribution in [0.1, 0.15) is 31.7 Å². The van der Waals surface area contributed by atoms with Gasteiger partial charge in [-0.3, -0.25) is 0 Å². The Balaban J connectivity index is 2.76. The lowest BCUT2D eigenvalue weighted by Gasteiger charge is -2.02. The second kappa shape index (κ2) is 4.70.